The van der Waals surface area contributed by atoms with Gasteiger partial charge in [-0.25, -0.2) is 12.8 Å². The summed E-state index contributed by atoms with van der Waals surface area (Å²) in [6.07, 6.45) is 1.15. The molecule has 1 atom stereocenters. The van der Waals surface area contributed by atoms with Crippen LogP contribution in [0.4, 0.5) is 4.39 Å². The van der Waals surface area contributed by atoms with Crippen molar-refractivity contribution in [1.82, 2.24) is 4.90 Å². The molecule has 1 heterocycles. The second-order valence-electron chi connectivity index (χ2n) is 7.22. The van der Waals surface area contributed by atoms with E-state index in [0.717, 1.165) is 0 Å². The molecule has 1 N–H and O–H groups in total. The smallest absolute Gasteiger partial charge is 0.218 e. The van der Waals surface area contributed by atoms with Crippen molar-refractivity contribution in [2.45, 2.75) is 48.4 Å². The number of hydrogen-bond donors (Lipinski definition) is 1. The Bertz CT molecular complexity index is 924. The Labute approximate surface area is 174 Å². The molecule has 154 valence electrons. The van der Waals surface area contributed by atoms with Crippen LogP contribution in [-0.4, -0.2) is 49.3 Å². The third-order valence-electron chi connectivity index (χ3n) is 5.75. The molecule has 1 saturated heterocycles. The number of alkyl halides is 1. The number of phenolic OH excluding ortho intramolecular Hbond substituents is 1. The number of halogens is 3. The lowest BCUT2D eigenvalue weighted by Crippen LogP contribution is -2.46. The highest BCUT2D eigenvalue weighted by molar-refractivity contribution is 7.92. The fourth-order valence-electron chi connectivity index (χ4n) is 3.93. The minimum absolute atomic E-state index is 0.192. The van der Waals surface area contributed by atoms with Gasteiger partial charge in [0.25, 0.3) is 0 Å². The Balaban J connectivity index is 2.05. The normalized spacial score (nSPS) is 23.2. The molecule has 1 aromatic carbocycles. The highest BCUT2D eigenvalue weighted by Gasteiger charge is 2.49. The molecular formula is C19H22Cl2FNO4S. The number of nitrogens with zero attached hydrogens (tertiary/aromatic N) is 1. The van der Waals surface area contributed by atoms with Gasteiger partial charge in [0.15, 0.2) is 0 Å². The first-order chi connectivity index (χ1) is 13.2. The monoisotopic (exact) mass is 449 g/mol. The molecule has 28 heavy (non-hydrogen) atoms. The van der Waals surface area contributed by atoms with Crippen LogP contribution in [0.5, 0.6) is 5.75 Å². The maximum absolute atomic E-state index is 15.5. The second-order valence-corrected chi connectivity index (χ2v) is 10.2. The molecule has 0 spiro atoms. The van der Waals surface area contributed by atoms with Gasteiger partial charge >= 0.3 is 0 Å². The van der Waals surface area contributed by atoms with Gasteiger partial charge in [-0.2, -0.15) is 0 Å². The average molecular weight is 450 g/mol. The van der Waals surface area contributed by atoms with Crippen molar-refractivity contribution < 1.29 is 22.7 Å². The molecule has 0 saturated carbocycles. The first kappa shape index (κ1) is 21.6. The molecule has 1 aromatic rings. The quantitative estimate of drug-likeness (QED) is 0.682. The van der Waals surface area contributed by atoms with Crippen molar-refractivity contribution in [3.8, 4) is 5.75 Å². The van der Waals surface area contributed by atoms with Gasteiger partial charge in [0, 0.05) is 48.0 Å². The number of likely N-dealkylation sites (tertiary alicyclic amines) is 1. The molecule has 1 fully saturated rings. The predicted molar refractivity (Wildman–Crippen MR) is 106 cm³/mol. The van der Waals surface area contributed by atoms with Crippen LogP contribution in [0.25, 0.3) is 0 Å². The van der Waals surface area contributed by atoms with Crippen LogP contribution in [0, 0.1) is 0 Å². The summed E-state index contributed by atoms with van der Waals surface area (Å²) < 4.78 is 41.9. The standard InChI is InChI=1S/C19H22Cl2FNO4S/c1-2-23-9-7-19(22,8-10-23)28(26,27)18-15(20)6-5-14(17(18)25)13-4-3-12(11-24)16(13)21/h5-6,11,13,25H,2-4,7-10H2,1H3. The summed E-state index contributed by atoms with van der Waals surface area (Å²) in [5.74, 6) is -1.11. The number of rotatable bonds is 5. The summed E-state index contributed by atoms with van der Waals surface area (Å²) in [6.45, 7) is 3.26. The van der Waals surface area contributed by atoms with Gasteiger partial charge < -0.3 is 10.0 Å². The number of piperidine rings is 1. The maximum atomic E-state index is 15.5. The second kappa shape index (κ2) is 7.94. The van der Waals surface area contributed by atoms with E-state index in [1.54, 1.807) is 0 Å². The van der Waals surface area contributed by atoms with E-state index in [2.05, 4.69) is 0 Å². The number of aldehydes is 1. The van der Waals surface area contributed by atoms with Gasteiger partial charge in [0.2, 0.25) is 14.8 Å². The molecular weight excluding hydrogens is 428 g/mol. The van der Waals surface area contributed by atoms with Crippen LogP contribution in [0.2, 0.25) is 5.02 Å². The third kappa shape index (κ3) is 3.47. The van der Waals surface area contributed by atoms with Crippen LogP contribution < -0.4 is 0 Å². The van der Waals surface area contributed by atoms with Crippen molar-refractivity contribution in [3.05, 3.63) is 33.3 Å². The largest absolute Gasteiger partial charge is 0.506 e. The average Bonchev–Trinajstić information content (AvgIpc) is 3.02. The first-order valence-corrected chi connectivity index (χ1v) is 11.4. The predicted octanol–water partition coefficient (Wildman–Crippen LogP) is 4.17. The van der Waals surface area contributed by atoms with E-state index in [9.17, 15) is 18.3 Å². The Hall–Kier alpha value is -1.15. The lowest BCUT2D eigenvalue weighted by molar-refractivity contribution is -0.105. The molecule has 2 aliphatic rings. The van der Waals surface area contributed by atoms with Crippen molar-refractivity contribution in [2.24, 2.45) is 0 Å². The fourth-order valence-corrected chi connectivity index (χ4v) is 6.54. The molecule has 0 bridgehead atoms. The van der Waals surface area contributed by atoms with Crippen molar-refractivity contribution >= 4 is 39.3 Å². The van der Waals surface area contributed by atoms with E-state index in [0.29, 0.717) is 44.3 Å². The van der Waals surface area contributed by atoms with E-state index in [-0.39, 0.29) is 28.5 Å². The highest BCUT2D eigenvalue weighted by Crippen LogP contribution is 2.49. The van der Waals surface area contributed by atoms with E-state index in [1.165, 1.54) is 12.1 Å². The third-order valence-corrected chi connectivity index (χ3v) is 9.00. The van der Waals surface area contributed by atoms with E-state index >= 15 is 4.39 Å². The molecule has 0 radical (unpaired) electrons. The fraction of sp³-hybridized carbons (Fsp3) is 0.526. The Morgan fingerprint density at radius 3 is 2.50 bits per heavy atom. The van der Waals surface area contributed by atoms with Crippen LogP contribution in [0.1, 0.15) is 44.1 Å². The minimum atomic E-state index is -4.55. The number of hydrogen-bond acceptors (Lipinski definition) is 5. The lowest BCUT2D eigenvalue weighted by atomic mass is 9.97. The number of carbonyl (C=O) groups excluding carboxylic acids is 1. The number of carbonyl (C=O) groups is 1. The molecule has 1 unspecified atom stereocenters. The molecule has 5 nitrogen and oxygen atoms in total. The maximum Gasteiger partial charge on any atom is 0.218 e. The number of sulfone groups is 1. The van der Waals surface area contributed by atoms with Gasteiger partial charge in [-0.15, -0.1) is 0 Å². The van der Waals surface area contributed by atoms with Gasteiger partial charge in [-0.3, -0.25) is 4.79 Å². The van der Waals surface area contributed by atoms with Crippen molar-refractivity contribution in [3.63, 3.8) is 0 Å². The number of benzene rings is 1. The Morgan fingerprint density at radius 2 is 1.96 bits per heavy atom. The number of phenols is 1. The van der Waals surface area contributed by atoms with Crippen LogP contribution in [-0.2, 0) is 14.6 Å². The molecule has 3 rings (SSSR count). The summed E-state index contributed by atoms with van der Waals surface area (Å²) in [5.41, 5.74) is 0.652. The number of aromatic hydroxyl groups is 1. The van der Waals surface area contributed by atoms with Gasteiger partial charge in [-0.1, -0.05) is 36.2 Å². The van der Waals surface area contributed by atoms with Crippen molar-refractivity contribution in [2.75, 3.05) is 19.6 Å². The molecule has 9 heteroatoms. The summed E-state index contributed by atoms with van der Waals surface area (Å²) in [6, 6.07) is 2.80. The van der Waals surface area contributed by atoms with Crippen LogP contribution in [0.3, 0.4) is 0 Å². The first-order valence-electron chi connectivity index (χ1n) is 9.17. The number of allylic oxidation sites excluding steroid dienone is 2. The van der Waals surface area contributed by atoms with Crippen LogP contribution in [0.15, 0.2) is 27.6 Å². The zero-order valence-corrected chi connectivity index (χ0v) is 17.7. The Kier molecular flexibility index (Phi) is 6.11. The lowest BCUT2D eigenvalue weighted by Gasteiger charge is -2.35. The molecule has 1 aliphatic heterocycles. The molecule has 0 amide bonds. The van der Waals surface area contributed by atoms with E-state index < -0.39 is 31.4 Å². The Morgan fingerprint density at radius 1 is 1.32 bits per heavy atom. The zero-order valence-electron chi connectivity index (χ0n) is 15.4. The topological polar surface area (TPSA) is 74.7 Å². The summed E-state index contributed by atoms with van der Waals surface area (Å²) in [5, 5.41) is 8.31. The molecule has 0 aromatic heterocycles. The van der Waals surface area contributed by atoms with Gasteiger partial charge in [-0.05, 0) is 25.5 Å². The van der Waals surface area contributed by atoms with Crippen molar-refractivity contribution in [1.29, 1.82) is 0 Å². The minimum Gasteiger partial charge on any atom is -0.506 e. The zero-order chi connectivity index (χ0) is 20.7. The summed E-state index contributed by atoms with van der Waals surface area (Å²) >= 11 is 12.3. The van der Waals surface area contributed by atoms with Gasteiger partial charge in [0.1, 0.15) is 16.9 Å². The van der Waals surface area contributed by atoms with E-state index in [4.69, 9.17) is 23.2 Å². The SMILES string of the molecule is CCN1CCC(F)(S(=O)(=O)c2c(Cl)ccc(C3CCC(C=O)=C3Cl)c2O)CC1. The summed E-state index contributed by atoms with van der Waals surface area (Å²) in [7, 11) is -4.55. The van der Waals surface area contributed by atoms with Gasteiger partial charge in [0.05, 0.1) is 5.02 Å². The summed E-state index contributed by atoms with van der Waals surface area (Å²) in [4.78, 5) is 12.5. The highest BCUT2D eigenvalue weighted by atomic mass is 35.5. The van der Waals surface area contributed by atoms with Crippen LogP contribution >= 0.6 is 23.2 Å². The van der Waals surface area contributed by atoms with E-state index in [1.807, 2.05) is 11.8 Å². The molecule has 1 aliphatic carbocycles.